The van der Waals surface area contributed by atoms with Crippen LogP contribution in [-0.2, 0) is 0 Å². The van der Waals surface area contributed by atoms with Gasteiger partial charge in [0.2, 0.25) is 0 Å². The van der Waals surface area contributed by atoms with Gasteiger partial charge in [0.15, 0.2) is 0 Å². The summed E-state index contributed by atoms with van der Waals surface area (Å²) in [6, 6.07) is 0. The van der Waals surface area contributed by atoms with Crippen molar-refractivity contribution in [2.45, 2.75) is 129 Å². The number of hydrogen-bond acceptors (Lipinski definition) is 1. The van der Waals surface area contributed by atoms with Crippen LogP contribution < -0.4 is 0 Å². The van der Waals surface area contributed by atoms with Gasteiger partial charge in [-0.2, -0.15) is 0 Å². The van der Waals surface area contributed by atoms with Gasteiger partial charge >= 0.3 is 0 Å². The molecule has 0 spiro atoms. The van der Waals surface area contributed by atoms with Crippen molar-refractivity contribution in [2.24, 2.45) is 0 Å². The Kier molecular flexibility index (Phi) is 22.5. The van der Waals surface area contributed by atoms with Crippen molar-refractivity contribution in [3.63, 3.8) is 0 Å². The van der Waals surface area contributed by atoms with Crippen molar-refractivity contribution in [2.75, 3.05) is 19.6 Å². The molecule has 0 heterocycles. The molecule has 0 aliphatic carbocycles. The lowest BCUT2D eigenvalue weighted by Crippen LogP contribution is -2.27. The van der Waals surface area contributed by atoms with Gasteiger partial charge in [0, 0.05) is 0 Å². The second-order valence-electron chi connectivity index (χ2n) is 8.22. The Balaban J connectivity index is 3.78. The molecular weight excluding hydrogens is 314 g/mol. The molecular formula is C25H51N. The molecule has 0 bridgehead atoms. The van der Waals surface area contributed by atoms with Gasteiger partial charge in [-0.25, -0.2) is 0 Å². The van der Waals surface area contributed by atoms with Crippen molar-refractivity contribution in [1.82, 2.24) is 4.90 Å². The van der Waals surface area contributed by atoms with Gasteiger partial charge in [-0.1, -0.05) is 103 Å². The molecule has 0 rings (SSSR count). The summed E-state index contributed by atoms with van der Waals surface area (Å²) < 4.78 is 0. The number of rotatable bonds is 22. The maximum atomic E-state index is 3.81. The van der Waals surface area contributed by atoms with E-state index in [1.807, 2.05) is 0 Å². The lowest BCUT2D eigenvalue weighted by Gasteiger charge is -2.22. The van der Waals surface area contributed by atoms with E-state index in [-0.39, 0.29) is 0 Å². The summed E-state index contributed by atoms with van der Waals surface area (Å²) in [7, 11) is 0. The first kappa shape index (κ1) is 25.7. The van der Waals surface area contributed by atoms with Gasteiger partial charge in [0.25, 0.3) is 0 Å². The fourth-order valence-corrected chi connectivity index (χ4v) is 3.72. The Bertz CT molecular complexity index is 245. The van der Waals surface area contributed by atoms with Gasteiger partial charge in [-0.3, -0.25) is 0 Å². The monoisotopic (exact) mass is 365 g/mol. The molecule has 0 amide bonds. The highest BCUT2D eigenvalue weighted by molar-refractivity contribution is 4.65. The van der Waals surface area contributed by atoms with Gasteiger partial charge < -0.3 is 4.90 Å². The first-order valence-electron chi connectivity index (χ1n) is 12.2. The fraction of sp³-hybridized carbons (Fsp3) is 0.920. The molecule has 26 heavy (non-hydrogen) atoms. The average Bonchev–Trinajstić information content (AvgIpc) is 2.65. The van der Waals surface area contributed by atoms with Crippen molar-refractivity contribution in [3.8, 4) is 0 Å². The molecule has 0 aliphatic heterocycles. The molecule has 0 saturated heterocycles. The van der Waals surface area contributed by atoms with Crippen molar-refractivity contribution in [3.05, 3.63) is 12.7 Å². The zero-order chi connectivity index (χ0) is 19.1. The van der Waals surface area contributed by atoms with Gasteiger partial charge in [-0.05, 0) is 51.7 Å². The zero-order valence-corrected chi connectivity index (χ0v) is 18.6. The van der Waals surface area contributed by atoms with E-state index in [9.17, 15) is 0 Å². The van der Waals surface area contributed by atoms with Crippen LogP contribution in [0.25, 0.3) is 0 Å². The molecule has 0 saturated carbocycles. The van der Waals surface area contributed by atoms with Crippen molar-refractivity contribution < 1.29 is 0 Å². The van der Waals surface area contributed by atoms with Crippen LogP contribution in [0.2, 0.25) is 0 Å². The smallest absolute Gasteiger partial charge is 0.00187 e. The van der Waals surface area contributed by atoms with E-state index in [0.29, 0.717) is 0 Å². The summed E-state index contributed by atoms with van der Waals surface area (Å²) in [5, 5.41) is 0. The number of hydrogen-bond donors (Lipinski definition) is 0. The Morgan fingerprint density at radius 2 is 0.846 bits per heavy atom. The zero-order valence-electron chi connectivity index (χ0n) is 18.6. The quantitative estimate of drug-likeness (QED) is 0.137. The normalized spacial score (nSPS) is 11.3. The standard InChI is InChI=1S/C25H51N/c1-4-7-10-13-16-19-22-25-26(23-20-17-14-11-8-5-2)24-21-18-15-12-9-6-3/h4H,1,5-25H2,2-3H3. The summed E-state index contributed by atoms with van der Waals surface area (Å²) in [5.74, 6) is 0. The Labute approximate surface area is 167 Å². The fourth-order valence-electron chi connectivity index (χ4n) is 3.72. The van der Waals surface area contributed by atoms with Crippen LogP contribution in [0.15, 0.2) is 12.7 Å². The molecule has 0 N–H and O–H groups in total. The highest BCUT2D eigenvalue weighted by Gasteiger charge is 2.05. The lowest BCUT2D eigenvalue weighted by molar-refractivity contribution is 0.254. The average molecular weight is 366 g/mol. The highest BCUT2D eigenvalue weighted by Crippen LogP contribution is 2.11. The van der Waals surface area contributed by atoms with E-state index in [1.165, 1.54) is 135 Å². The van der Waals surface area contributed by atoms with E-state index in [0.717, 1.165) is 0 Å². The molecule has 0 radical (unpaired) electrons. The first-order chi connectivity index (χ1) is 12.8. The van der Waals surface area contributed by atoms with Crippen molar-refractivity contribution in [1.29, 1.82) is 0 Å². The summed E-state index contributed by atoms with van der Waals surface area (Å²) in [6.07, 6.45) is 27.3. The molecule has 1 nitrogen and oxygen atoms in total. The van der Waals surface area contributed by atoms with Crippen LogP contribution in [0.4, 0.5) is 0 Å². The van der Waals surface area contributed by atoms with Crippen LogP contribution in [0.5, 0.6) is 0 Å². The SMILES string of the molecule is C=CCCCCCCCN(CCCCCCCC)CCCCCCCC. The second kappa shape index (κ2) is 22.7. The van der Waals surface area contributed by atoms with E-state index >= 15 is 0 Å². The number of unbranched alkanes of at least 4 members (excludes halogenated alkanes) is 15. The molecule has 0 aromatic rings. The first-order valence-corrected chi connectivity index (χ1v) is 12.2. The number of nitrogens with zero attached hydrogens (tertiary/aromatic N) is 1. The molecule has 0 unspecified atom stereocenters. The molecule has 0 fully saturated rings. The maximum absolute atomic E-state index is 3.81. The van der Waals surface area contributed by atoms with Crippen LogP contribution in [0.1, 0.15) is 129 Å². The topological polar surface area (TPSA) is 3.24 Å². The highest BCUT2D eigenvalue weighted by atomic mass is 15.1. The van der Waals surface area contributed by atoms with Crippen LogP contribution >= 0.6 is 0 Å². The molecule has 156 valence electrons. The summed E-state index contributed by atoms with van der Waals surface area (Å²) in [4.78, 5) is 2.78. The summed E-state index contributed by atoms with van der Waals surface area (Å²) in [6.45, 7) is 12.5. The molecule has 0 atom stereocenters. The minimum absolute atomic E-state index is 1.20. The largest absolute Gasteiger partial charge is 0.303 e. The van der Waals surface area contributed by atoms with E-state index in [1.54, 1.807) is 0 Å². The predicted molar refractivity (Wildman–Crippen MR) is 121 cm³/mol. The minimum atomic E-state index is 1.20. The summed E-state index contributed by atoms with van der Waals surface area (Å²) in [5.41, 5.74) is 0. The van der Waals surface area contributed by atoms with Crippen molar-refractivity contribution >= 4 is 0 Å². The van der Waals surface area contributed by atoms with E-state index < -0.39 is 0 Å². The second-order valence-corrected chi connectivity index (χ2v) is 8.22. The predicted octanol–water partition coefficient (Wildman–Crippen LogP) is 8.54. The Morgan fingerprint density at radius 3 is 1.23 bits per heavy atom. The van der Waals surface area contributed by atoms with E-state index in [2.05, 4.69) is 31.4 Å². The van der Waals surface area contributed by atoms with Crippen LogP contribution in [0.3, 0.4) is 0 Å². The summed E-state index contributed by atoms with van der Waals surface area (Å²) >= 11 is 0. The maximum Gasteiger partial charge on any atom is -0.00187 e. The molecule has 0 aromatic carbocycles. The molecule has 1 heteroatoms. The van der Waals surface area contributed by atoms with E-state index in [4.69, 9.17) is 0 Å². The third-order valence-corrected chi connectivity index (χ3v) is 5.54. The third-order valence-electron chi connectivity index (χ3n) is 5.54. The van der Waals surface area contributed by atoms with Gasteiger partial charge in [0.1, 0.15) is 0 Å². The Hall–Kier alpha value is -0.300. The third kappa shape index (κ3) is 20.0. The van der Waals surface area contributed by atoms with Gasteiger partial charge in [0.05, 0.1) is 0 Å². The van der Waals surface area contributed by atoms with Crippen LogP contribution in [0, 0.1) is 0 Å². The lowest BCUT2D eigenvalue weighted by atomic mass is 10.1. The minimum Gasteiger partial charge on any atom is -0.303 e. The molecule has 0 aromatic heterocycles. The van der Waals surface area contributed by atoms with Gasteiger partial charge in [-0.15, -0.1) is 6.58 Å². The van der Waals surface area contributed by atoms with Crippen LogP contribution in [-0.4, -0.2) is 24.5 Å². The molecule has 0 aliphatic rings. The number of allylic oxidation sites excluding steroid dienone is 1. The Morgan fingerprint density at radius 1 is 0.500 bits per heavy atom.